The second-order valence-electron chi connectivity index (χ2n) is 5.18. The molecule has 1 aromatic carbocycles. The number of para-hydroxylation sites is 1. The standard InChI is InChI=1S/C13H20BrN/c1-13(2,3)10-15(4)12-8-6-5-7-11(12)9-14/h5-8H,9-10H2,1-4H3. The van der Waals surface area contributed by atoms with Crippen molar-refractivity contribution in [1.29, 1.82) is 0 Å². The lowest BCUT2D eigenvalue weighted by atomic mass is 9.96. The highest BCUT2D eigenvalue weighted by molar-refractivity contribution is 9.08. The number of nitrogens with zero attached hydrogens (tertiary/aromatic N) is 1. The zero-order valence-electron chi connectivity index (χ0n) is 10.0. The molecule has 0 saturated heterocycles. The first-order valence-corrected chi connectivity index (χ1v) is 6.41. The summed E-state index contributed by atoms with van der Waals surface area (Å²) in [6, 6.07) is 8.54. The molecule has 1 rings (SSSR count). The molecule has 2 heteroatoms. The second-order valence-corrected chi connectivity index (χ2v) is 5.74. The molecule has 0 amide bonds. The van der Waals surface area contributed by atoms with Crippen molar-refractivity contribution < 1.29 is 0 Å². The lowest BCUT2D eigenvalue weighted by Gasteiger charge is -2.29. The zero-order chi connectivity index (χ0) is 11.5. The molecular formula is C13H20BrN. The van der Waals surface area contributed by atoms with Gasteiger partial charge >= 0.3 is 0 Å². The van der Waals surface area contributed by atoms with Gasteiger partial charge in [0.1, 0.15) is 0 Å². The monoisotopic (exact) mass is 269 g/mol. The van der Waals surface area contributed by atoms with Crippen LogP contribution < -0.4 is 4.90 Å². The molecule has 0 saturated carbocycles. The molecule has 0 spiro atoms. The van der Waals surface area contributed by atoms with E-state index in [1.165, 1.54) is 11.3 Å². The Morgan fingerprint density at radius 1 is 1.20 bits per heavy atom. The molecule has 0 aliphatic heterocycles. The Morgan fingerprint density at radius 2 is 1.80 bits per heavy atom. The molecule has 0 unspecified atom stereocenters. The molecular weight excluding hydrogens is 250 g/mol. The van der Waals surface area contributed by atoms with Crippen LogP contribution in [0.5, 0.6) is 0 Å². The van der Waals surface area contributed by atoms with Crippen LogP contribution in [-0.2, 0) is 5.33 Å². The van der Waals surface area contributed by atoms with Gasteiger partial charge in [-0.05, 0) is 17.0 Å². The molecule has 0 bridgehead atoms. The van der Waals surface area contributed by atoms with Crippen molar-refractivity contribution in [3.05, 3.63) is 29.8 Å². The summed E-state index contributed by atoms with van der Waals surface area (Å²) >= 11 is 3.53. The molecule has 1 nitrogen and oxygen atoms in total. The first-order chi connectivity index (χ1) is 6.94. The van der Waals surface area contributed by atoms with Gasteiger partial charge in [0.2, 0.25) is 0 Å². The van der Waals surface area contributed by atoms with Crippen LogP contribution in [0.3, 0.4) is 0 Å². The molecule has 84 valence electrons. The van der Waals surface area contributed by atoms with Crippen LogP contribution in [0.4, 0.5) is 5.69 Å². The first-order valence-electron chi connectivity index (χ1n) is 5.29. The smallest absolute Gasteiger partial charge is 0.0404 e. The van der Waals surface area contributed by atoms with Crippen molar-refractivity contribution in [2.75, 3.05) is 18.5 Å². The van der Waals surface area contributed by atoms with Gasteiger partial charge < -0.3 is 4.90 Å². The molecule has 0 heterocycles. The van der Waals surface area contributed by atoms with Gasteiger partial charge in [-0.25, -0.2) is 0 Å². The molecule has 0 aromatic heterocycles. The minimum atomic E-state index is 0.328. The van der Waals surface area contributed by atoms with Crippen LogP contribution in [0.15, 0.2) is 24.3 Å². The van der Waals surface area contributed by atoms with E-state index in [2.05, 4.69) is 72.9 Å². The Hall–Kier alpha value is -0.500. The van der Waals surface area contributed by atoms with Crippen LogP contribution in [0.25, 0.3) is 0 Å². The Bertz CT molecular complexity index is 315. The Balaban J connectivity index is 2.86. The Labute approximate surface area is 102 Å². The Morgan fingerprint density at radius 3 is 2.33 bits per heavy atom. The fourth-order valence-corrected chi connectivity index (χ4v) is 2.27. The van der Waals surface area contributed by atoms with Gasteiger partial charge in [-0.1, -0.05) is 54.9 Å². The average molecular weight is 270 g/mol. The van der Waals surface area contributed by atoms with Crippen LogP contribution in [0.1, 0.15) is 26.3 Å². The summed E-state index contributed by atoms with van der Waals surface area (Å²) in [5, 5.41) is 0.914. The van der Waals surface area contributed by atoms with Gasteiger partial charge in [-0.2, -0.15) is 0 Å². The van der Waals surface area contributed by atoms with Crippen LogP contribution in [0, 0.1) is 5.41 Å². The van der Waals surface area contributed by atoms with E-state index >= 15 is 0 Å². The van der Waals surface area contributed by atoms with Crippen molar-refractivity contribution in [2.45, 2.75) is 26.1 Å². The summed E-state index contributed by atoms with van der Waals surface area (Å²) < 4.78 is 0. The molecule has 0 atom stereocenters. The van der Waals surface area contributed by atoms with Gasteiger partial charge in [-0.3, -0.25) is 0 Å². The normalized spacial score (nSPS) is 11.5. The van der Waals surface area contributed by atoms with Gasteiger partial charge in [0.15, 0.2) is 0 Å². The molecule has 1 aromatic rings. The number of hydrogen-bond donors (Lipinski definition) is 0. The molecule has 0 radical (unpaired) electrons. The third kappa shape index (κ3) is 3.86. The van der Waals surface area contributed by atoms with E-state index in [-0.39, 0.29) is 0 Å². The maximum atomic E-state index is 3.53. The van der Waals surface area contributed by atoms with Gasteiger partial charge in [0.05, 0.1) is 0 Å². The van der Waals surface area contributed by atoms with Crippen molar-refractivity contribution in [3.8, 4) is 0 Å². The molecule has 15 heavy (non-hydrogen) atoms. The van der Waals surface area contributed by atoms with Gasteiger partial charge in [0, 0.05) is 24.6 Å². The summed E-state index contributed by atoms with van der Waals surface area (Å²) in [6.07, 6.45) is 0. The quantitative estimate of drug-likeness (QED) is 0.748. The number of rotatable bonds is 3. The second kappa shape index (κ2) is 5.02. The highest BCUT2D eigenvalue weighted by Gasteiger charge is 2.15. The lowest BCUT2D eigenvalue weighted by molar-refractivity contribution is 0.419. The average Bonchev–Trinajstić information content (AvgIpc) is 2.15. The van der Waals surface area contributed by atoms with E-state index in [1.54, 1.807) is 0 Å². The molecule has 0 aliphatic rings. The minimum absolute atomic E-state index is 0.328. The van der Waals surface area contributed by atoms with Crippen molar-refractivity contribution in [1.82, 2.24) is 0 Å². The highest BCUT2D eigenvalue weighted by Crippen LogP contribution is 2.25. The summed E-state index contributed by atoms with van der Waals surface area (Å²) in [7, 11) is 2.16. The van der Waals surface area contributed by atoms with E-state index in [1.807, 2.05) is 0 Å². The van der Waals surface area contributed by atoms with E-state index in [0.29, 0.717) is 5.41 Å². The van der Waals surface area contributed by atoms with Gasteiger partial charge in [-0.15, -0.1) is 0 Å². The Kier molecular flexibility index (Phi) is 4.21. The predicted molar refractivity (Wildman–Crippen MR) is 71.8 cm³/mol. The number of alkyl halides is 1. The SMILES string of the molecule is CN(CC(C)(C)C)c1ccccc1CBr. The maximum absolute atomic E-state index is 3.53. The van der Waals surface area contributed by atoms with Crippen molar-refractivity contribution in [2.24, 2.45) is 5.41 Å². The summed E-state index contributed by atoms with van der Waals surface area (Å²) in [6.45, 7) is 7.86. The van der Waals surface area contributed by atoms with Crippen molar-refractivity contribution >= 4 is 21.6 Å². The topological polar surface area (TPSA) is 3.24 Å². The lowest BCUT2D eigenvalue weighted by Crippen LogP contribution is -2.29. The number of benzene rings is 1. The van der Waals surface area contributed by atoms with E-state index in [9.17, 15) is 0 Å². The molecule has 0 N–H and O–H groups in total. The fraction of sp³-hybridized carbons (Fsp3) is 0.538. The number of anilines is 1. The van der Waals surface area contributed by atoms with E-state index in [0.717, 1.165) is 11.9 Å². The summed E-state index contributed by atoms with van der Waals surface area (Å²) in [5.74, 6) is 0. The highest BCUT2D eigenvalue weighted by atomic mass is 79.9. The predicted octanol–water partition coefficient (Wildman–Crippen LogP) is 4.06. The maximum Gasteiger partial charge on any atom is 0.0404 e. The first kappa shape index (κ1) is 12.6. The van der Waals surface area contributed by atoms with Crippen LogP contribution in [0.2, 0.25) is 0 Å². The van der Waals surface area contributed by atoms with Crippen LogP contribution in [-0.4, -0.2) is 13.6 Å². The van der Waals surface area contributed by atoms with E-state index < -0.39 is 0 Å². The number of halogens is 1. The third-order valence-electron chi connectivity index (χ3n) is 2.26. The van der Waals surface area contributed by atoms with Gasteiger partial charge in [0.25, 0.3) is 0 Å². The zero-order valence-corrected chi connectivity index (χ0v) is 11.6. The van der Waals surface area contributed by atoms with Crippen LogP contribution >= 0.6 is 15.9 Å². The van der Waals surface area contributed by atoms with E-state index in [4.69, 9.17) is 0 Å². The summed E-state index contributed by atoms with van der Waals surface area (Å²) in [5.41, 5.74) is 3.00. The number of hydrogen-bond acceptors (Lipinski definition) is 1. The minimum Gasteiger partial charge on any atom is -0.374 e. The fourth-order valence-electron chi connectivity index (χ4n) is 1.79. The summed E-state index contributed by atoms with van der Waals surface area (Å²) in [4.78, 5) is 2.33. The molecule has 0 aliphatic carbocycles. The third-order valence-corrected chi connectivity index (χ3v) is 2.86. The molecule has 0 fully saturated rings. The van der Waals surface area contributed by atoms with Crippen molar-refractivity contribution in [3.63, 3.8) is 0 Å². The largest absolute Gasteiger partial charge is 0.374 e.